The fraction of sp³-hybridized carbons (Fsp3) is 0.269. The lowest BCUT2D eigenvalue weighted by molar-refractivity contribution is 0.122. The van der Waals surface area contributed by atoms with Crippen molar-refractivity contribution in [2.75, 3.05) is 63.2 Å². The van der Waals surface area contributed by atoms with Crippen molar-refractivity contribution in [3.63, 3.8) is 0 Å². The highest BCUT2D eigenvalue weighted by Crippen LogP contribution is 2.40. The third kappa shape index (κ3) is 5.36. The summed E-state index contributed by atoms with van der Waals surface area (Å²) < 4.78 is 23.6. The van der Waals surface area contributed by atoms with Gasteiger partial charge in [0, 0.05) is 60.7 Å². The van der Waals surface area contributed by atoms with Crippen LogP contribution in [-0.4, -0.2) is 67.2 Å². The number of nitrogens with one attached hydrogen (secondary N) is 2. The van der Waals surface area contributed by atoms with Gasteiger partial charge < -0.3 is 34.5 Å². The number of nitrogens with zero attached hydrogens (tertiary/aromatic N) is 5. The monoisotopic (exact) mass is 503 g/mol. The molecule has 3 heterocycles. The molecule has 0 aliphatic carbocycles. The number of ether oxygens (including phenoxy) is 4. The minimum atomic E-state index is 0.517. The maximum atomic E-state index is 5.46. The van der Waals surface area contributed by atoms with Crippen molar-refractivity contribution in [1.29, 1.82) is 0 Å². The molecule has 11 heteroatoms. The molecule has 1 aliphatic heterocycles. The molecule has 2 aromatic carbocycles. The third-order valence-electron chi connectivity index (χ3n) is 5.98. The standard InChI is InChI=1S/C26H29N7O4/c1-34-21-14-19(15-22(35-2)25(21)36-3)31-26-27-8-9-33(26)24-16-23(28-17-29-24)30-18-4-6-20(7-5-18)32-10-12-37-13-11-32/h4-9,14-17H,10-13H2,1-3H3,(H,27,31)(H,28,29,30). The third-order valence-corrected chi connectivity index (χ3v) is 5.98. The van der Waals surface area contributed by atoms with Gasteiger partial charge in [0.2, 0.25) is 11.7 Å². The van der Waals surface area contributed by atoms with Gasteiger partial charge in [-0.25, -0.2) is 15.0 Å². The van der Waals surface area contributed by atoms with Crippen LogP contribution in [0.1, 0.15) is 0 Å². The summed E-state index contributed by atoms with van der Waals surface area (Å²) in [6, 6.07) is 13.8. The van der Waals surface area contributed by atoms with E-state index in [0.29, 0.717) is 34.8 Å². The van der Waals surface area contributed by atoms with Crippen molar-refractivity contribution < 1.29 is 18.9 Å². The zero-order valence-corrected chi connectivity index (χ0v) is 21.0. The zero-order valence-electron chi connectivity index (χ0n) is 21.0. The topological polar surface area (TPSA) is 108 Å². The Morgan fingerprint density at radius 2 is 1.54 bits per heavy atom. The highest BCUT2D eigenvalue weighted by molar-refractivity contribution is 5.67. The van der Waals surface area contributed by atoms with Crippen LogP contribution in [0.5, 0.6) is 17.2 Å². The van der Waals surface area contributed by atoms with E-state index in [1.54, 1.807) is 27.5 Å². The number of morpholine rings is 1. The van der Waals surface area contributed by atoms with Gasteiger partial charge in [0.25, 0.3) is 0 Å². The van der Waals surface area contributed by atoms with Gasteiger partial charge in [0.1, 0.15) is 18.0 Å². The Bertz CT molecular complexity index is 1310. The Kier molecular flexibility index (Phi) is 7.22. The number of methoxy groups -OCH3 is 3. The smallest absolute Gasteiger partial charge is 0.213 e. The number of aromatic nitrogens is 4. The Morgan fingerprint density at radius 3 is 2.22 bits per heavy atom. The van der Waals surface area contributed by atoms with Gasteiger partial charge in [-0.3, -0.25) is 4.57 Å². The maximum Gasteiger partial charge on any atom is 0.213 e. The van der Waals surface area contributed by atoms with Crippen LogP contribution in [0.2, 0.25) is 0 Å². The van der Waals surface area contributed by atoms with Crippen molar-refractivity contribution in [3.05, 3.63) is 61.2 Å². The van der Waals surface area contributed by atoms with Crippen molar-refractivity contribution in [3.8, 4) is 23.1 Å². The van der Waals surface area contributed by atoms with E-state index in [0.717, 1.165) is 37.7 Å². The van der Waals surface area contributed by atoms with Crippen LogP contribution in [0.3, 0.4) is 0 Å². The van der Waals surface area contributed by atoms with E-state index in [1.807, 2.05) is 41.1 Å². The number of hydrogen-bond acceptors (Lipinski definition) is 10. The highest BCUT2D eigenvalue weighted by Gasteiger charge is 2.15. The van der Waals surface area contributed by atoms with E-state index < -0.39 is 0 Å². The van der Waals surface area contributed by atoms with Crippen molar-refractivity contribution in [1.82, 2.24) is 19.5 Å². The van der Waals surface area contributed by atoms with Crippen LogP contribution >= 0.6 is 0 Å². The van der Waals surface area contributed by atoms with E-state index in [2.05, 4.69) is 42.6 Å². The summed E-state index contributed by atoms with van der Waals surface area (Å²) in [7, 11) is 4.72. The van der Waals surface area contributed by atoms with Crippen molar-refractivity contribution >= 4 is 28.8 Å². The molecule has 0 unspecified atom stereocenters. The molecule has 0 bridgehead atoms. The maximum absolute atomic E-state index is 5.46. The molecular weight excluding hydrogens is 474 g/mol. The second kappa shape index (κ2) is 11.0. The van der Waals surface area contributed by atoms with Crippen LogP contribution in [0.15, 0.2) is 61.2 Å². The van der Waals surface area contributed by atoms with Gasteiger partial charge in [-0.2, -0.15) is 0 Å². The van der Waals surface area contributed by atoms with Crippen LogP contribution < -0.4 is 29.7 Å². The second-order valence-corrected chi connectivity index (χ2v) is 8.19. The van der Waals surface area contributed by atoms with E-state index in [4.69, 9.17) is 18.9 Å². The first-order chi connectivity index (χ1) is 18.2. The summed E-state index contributed by atoms with van der Waals surface area (Å²) in [5, 5.41) is 6.65. The van der Waals surface area contributed by atoms with Gasteiger partial charge >= 0.3 is 0 Å². The second-order valence-electron chi connectivity index (χ2n) is 8.19. The molecule has 0 radical (unpaired) electrons. The summed E-state index contributed by atoms with van der Waals surface area (Å²) in [5.41, 5.74) is 2.83. The van der Waals surface area contributed by atoms with Gasteiger partial charge in [-0.15, -0.1) is 0 Å². The summed E-state index contributed by atoms with van der Waals surface area (Å²) in [6.45, 7) is 3.32. The van der Waals surface area contributed by atoms with E-state index >= 15 is 0 Å². The van der Waals surface area contributed by atoms with Crippen LogP contribution in [-0.2, 0) is 4.74 Å². The minimum absolute atomic E-state index is 0.517. The summed E-state index contributed by atoms with van der Waals surface area (Å²) in [4.78, 5) is 15.6. The predicted molar refractivity (Wildman–Crippen MR) is 141 cm³/mol. The molecule has 11 nitrogen and oxygen atoms in total. The molecule has 5 rings (SSSR count). The van der Waals surface area contributed by atoms with E-state index in [9.17, 15) is 0 Å². The number of benzene rings is 2. The molecule has 0 spiro atoms. The Hall–Kier alpha value is -4.51. The first-order valence-corrected chi connectivity index (χ1v) is 11.8. The predicted octanol–water partition coefficient (Wildman–Crippen LogP) is 4.01. The fourth-order valence-corrected chi connectivity index (χ4v) is 4.14. The Labute approximate surface area is 215 Å². The largest absolute Gasteiger partial charge is 0.493 e. The minimum Gasteiger partial charge on any atom is -0.493 e. The number of imidazole rings is 1. The quantitative estimate of drug-likeness (QED) is 0.348. The lowest BCUT2D eigenvalue weighted by Gasteiger charge is -2.28. The van der Waals surface area contributed by atoms with Crippen LogP contribution in [0, 0.1) is 0 Å². The van der Waals surface area contributed by atoms with Gasteiger partial charge in [0.15, 0.2) is 11.5 Å². The van der Waals surface area contributed by atoms with Gasteiger partial charge in [-0.05, 0) is 24.3 Å². The highest BCUT2D eigenvalue weighted by atomic mass is 16.5. The van der Waals surface area contributed by atoms with E-state index in [-0.39, 0.29) is 0 Å². The van der Waals surface area contributed by atoms with Crippen LogP contribution in [0.25, 0.3) is 5.82 Å². The molecular formula is C26H29N7O4. The molecule has 192 valence electrons. The van der Waals surface area contributed by atoms with Gasteiger partial charge in [0.05, 0.1) is 34.5 Å². The first-order valence-electron chi connectivity index (χ1n) is 11.8. The fourth-order valence-electron chi connectivity index (χ4n) is 4.14. The molecule has 37 heavy (non-hydrogen) atoms. The normalized spacial score (nSPS) is 13.2. The number of anilines is 5. The lowest BCUT2D eigenvalue weighted by atomic mass is 10.2. The first kappa shape index (κ1) is 24.2. The van der Waals surface area contributed by atoms with Gasteiger partial charge in [-0.1, -0.05) is 0 Å². The lowest BCUT2D eigenvalue weighted by Crippen LogP contribution is -2.36. The molecule has 1 saturated heterocycles. The number of rotatable bonds is 9. The average Bonchev–Trinajstić information content (AvgIpc) is 3.41. The molecule has 0 atom stereocenters. The molecule has 0 saturated carbocycles. The molecule has 4 aromatic rings. The SMILES string of the molecule is COc1cc(Nc2nccn2-c2cc(Nc3ccc(N4CCOCC4)cc3)ncn2)cc(OC)c1OC. The average molecular weight is 504 g/mol. The Morgan fingerprint density at radius 1 is 0.811 bits per heavy atom. The summed E-state index contributed by atoms with van der Waals surface area (Å²) >= 11 is 0. The van der Waals surface area contributed by atoms with Crippen molar-refractivity contribution in [2.45, 2.75) is 0 Å². The Balaban J connectivity index is 1.34. The molecule has 1 aliphatic rings. The molecule has 0 amide bonds. The van der Waals surface area contributed by atoms with Crippen molar-refractivity contribution in [2.24, 2.45) is 0 Å². The van der Waals surface area contributed by atoms with E-state index in [1.165, 1.54) is 12.0 Å². The molecule has 2 aromatic heterocycles. The zero-order chi connectivity index (χ0) is 25.6. The molecule has 1 fully saturated rings. The summed E-state index contributed by atoms with van der Waals surface area (Å²) in [5.74, 6) is 3.47. The number of hydrogen-bond donors (Lipinski definition) is 2. The molecule has 2 N–H and O–H groups in total. The van der Waals surface area contributed by atoms with Crippen LogP contribution in [0.4, 0.5) is 28.8 Å². The summed E-state index contributed by atoms with van der Waals surface area (Å²) in [6.07, 6.45) is 5.03.